The van der Waals surface area contributed by atoms with E-state index in [1.165, 1.54) is 4.90 Å². The molecule has 0 radical (unpaired) electrons. The maximum Gasteiger partial charge on any atom is 0.243 e. The van der Waals surface area contributed by atoms with Crippen LogP contribution in [0.15, 0.2) is 24.3 Å². The Morgan fingerprint density at radius 3 is 2.58 bits per heavy atom. The number of anilines is 1. The summed E-state index contributed by atoms with van der Waals surface area (Å²) in [4.78, 5) is 27.9. The molecule has 6 nitrogen and oxygen atoms in total. The molecule has 0 aromatic heterocycles. The molecule has 0 aliphatic carbocycles. The molecule has 0 heterocycles. The standard InChI is InChI=1S/C18H29N3O3/c1-5-7-11-21(6-2)14-18(23)20(3)13-17(22)19-15-9-8-10-16(12-15)24-4/h8-10,12H,5-7,11,13-14H2,1-4H3,(H,19,22). The number of nitrogens with one attached hydrogen (secondary N) is 1. The minimum Gasteiger partial charge on any atom is -0.497 e. The number of rotatable bonds is 10. The van der Waals surface area contributed by atoms with Crippen molar-refractivity contribution < 1.29 is 14.3 Å². The van der Waals surface area contributed by atoms with E-state index in [1.807, 2.05) is 6.92 Å². The molecule has 1 N–H and O–H groups in total. The van der Waals surface area contributed by atoms with E-state index in [2.05, 4.69) is 17.1 Å². The van der Waals surface area contributed by atoms with Gasteiger partial charge in [-0.25, -0.2) is 0 Å². The number of methoxy groups -OCH3 is 1. The quantitative estimate of drug-likeness (QED) is 0.712. The van der Waals surface area contributed by atoms with Crippen molar-refractivity contribution in [3.63, 3.8) is 0 Å². The fraction of sp³-hybridized carbons (Fsp3) is 0.556. The van der Waals surface area contributed by atoms with Gasteiger partial charge in [-0.05, 0) is 31.6 Å². The third kappa shape index (κ3) is 7.00. The van der Waals surface area contributed by atoms with E-state index >= 15 is 0 Å². The van der Waals surface area contributed by atoms with Crippen LogP contribution in [0.5, 0.6) is 5.75 Å². The molecule has 1 aromatic carbocycles. The topological polar surface area (TPSA) is 61.9 Å². The lowest BCUT2D eigenvalue weighted by Crippen LogP contribution is -2.42. The molecule has 0 atom stereocenters. The molecule has 1 rings (SSSR count). The van der Waals surface area contributed by atoms with Crippen molar-refractivity contribution in [1.29, 1.82) is 0 Å². The van der Waals surface area contributed by atoms with Crippen LogP contribution in [-0.4, -0.2) is 62.0 Å². The molecule has 134 valence electrons. The van der Waals surface area contributed by atoms with E-state index in [0.717, 1.165) is 25.9 Å². The number of nitrogens with zero attached hydrogens (tertiary/aromatic N) is 2. The average Bonchev–Trinajstić information content (AvgIpc) is 2.58. The fourth-order valence-corrected chi connectivity index (χ4v) is 2.25. The van der Waals surface area contributed by atoms with Gasteiger partial charge >= 0.3 is 0 Å². The second-order valence-electron chi connectivity index (χ2n) is 5.75. The van der Waals surface area contributed by atoms with Gasteiger partial charge in [-0.15, -0.1) is 0 Å². The molecule has 1 aromatic rings. The van der Waals surface area contributed by atoms with Gasteiger partial charge in [-0.1, -0.05) is 26.3 Å². The monoisotopic (exact) mass is 335 g/mol. The molecule has 0 aliphatic rings. The van der Waals surface area contributed by atoms with Crippen molar-refractivity contribution >= 4 is 17.5 Å². The van der Waals surface area contributed by atoms with Crippen LogP contribution in [0.2, 0.25) is 0 Å². The summed E-state index contributed by atoms with van der Waals surface area (Å²) in [6.45, 7) is 6.28. The van der Waals surface area contributed by atoms with Gasteiger partial charge in [-0.2, -0.15) is 0 Å². The van der Waals surface area contributed by atoms with Gasteiger partial charge in [0.15, 0.2) is 0 Å². The maximum absolute atomic E-state index is 12.2. The van der Waals surface area contributed by atoms with Gasteiger partial charge in [0.25, 0.3) is 0 Å². The number of benzene rings is 1. The number of hydrogen-bond acceptors (Lipinski definition) is 4. The van der Waals surface area contributed by atoms with Crippen LogP contribution in [0.4, 0.5) is 5.69 Å². The largest absolute Gasteiger partial charge is 0.497 e. The van der Waals surface area contributed by atoms with Crippen molar-refractivity contribution in [2.45, 2.75) is 26.7 Å². The molecule has 2 amide bonds. The molecule has 0 bridgehead atoms. The Kier molecular flexibility index (Phi) is 8.86. The lowest BCUT2D eigenvalue weighted by Gasteiger charge is -2.23. The van der Waals surface area contributed by atoms with Gasteiger partial charge in [-0.3, -0.25) is 14.5 Å². The predicted molar refractivity (Wildman–Crippen MR) is 96.3 cm³/mol. The summed E-state index contributed by atoms with van der Waals surface area (Å²) >= 11 is 0. The van der Waals surface area contributed by atoms with Gasteiger partial charge in [0, 0.05) is 18.8 Å². The molecule has 0 fully saturated rings. The minimum atomic E-state index is -0.226. The van der Waals surface area contributed by atoms with Crippen LogP contribution in [0, 0.1) is 0 Å². The zero-order chi connectivity index (χ0) is 17.9. The number of unbranched alkanes of at least 4 members (excludes halogenated alkanes) is 1. The first-order valence-electron chi connectivity index (χ1n) is 8.40. The molecule has 0 aliphatic heterocycles. The van der Waals surface area contributed by atoms with Gasteiger partial charge < -0.3 is 15.0 Å². The zero-order valence-corrected chi connectivity index (χ0v) is 15.2. The number of carbonyl (C=O) groups is 2. The SMILES string of the molecule is CCCCN(CC)CC(=O)N(C)CC(=O)Nc1cccc(OC)c1. The van der Waals surface area contributed by atoms with Crippen molar-refractivity contribution in [2.24, 2.45) is 0 Å². The minimum absolute atomic E-state index is 0.0291. The Morgan fingerprint density at radius 2 is 1.96 bits per heavy atom. The molecule has 0 saturated heterocycles. The third-order valence-electron chi connectivity index (χ3n) is 3.79. The van der Waals surface area contributed by atoms with E-state index in [1.54, 1.807) is 38.4 Å². The molecular formula is C18H29N3O3. The van der Waals surface area contributed by atoms with Crippen LogP contribution in [0.3, 0.4) is 0 Å². The van der Waals surface area contributed by atoms with Crippen LogP contribution in [-0.2, 0) is 9.59 Å². The molecular weight excluding hydrogens is 306 g/mol. The van der Waals surface area contributed by atoms with Crippen molar-refractivity contribution in [2.75, 3.05) is 45.7 Å². The van der Waals surface area contributed by atoms with E-state index in [0.29, 0.717) is 18.0 Å². The van der Waals surface area contributed by atoms with Gasteiger partial charge in [0.2, 0.25) is 11.8 Å². The highest BCUT2D eigenvalue weighted by Crippen LogP contribution is 2.16. The number of ether oxygens (including phenoxy) is 1. The summed E-state index contributed by atoms with van der Waals surface area (Å²) in [6, 6.07) is 7.13. The summed E-state index contributed by atoms with van der Waals surface area (Å²) in [5.74, 6) is 0.399. The summed E-state index contributed by atoms with van der Waals surface area (Å²) in [7, 11) is 3.23. The lowest BCUT2D eigenvalue weighted by molar-refractivity contribution is -0.134. The molecule has 0 unspecified atom stereocenters. The Morgan fingerprint density at radius 1 is 1.21 bits per heavy atom. The van der Waals surface area contributed by atoms with E-state index < -0.39 is 0 Å². The van der Waals surface area contributed by atoms with E-state index in [4.69, 9.17) is 4.74 Å². The van der Waals surface area contributed by atoms with Crippen LogP contribution in [0.25, 0.3) is 0 Å². The second kappa shape index (κ2) is 10.6. The van der Waals surface area contributed by atoms with Gasteiger partial charge in [0.05, 0.1) is 20.2 Å². The first-order valence-corrected chi connectivity index (χ1v) is 8.40. The van der Waals surface area contributed by atoms with E-state index in [-0.39, 0.29) is 18.4 Å². The normalized spacial score (nSPS) is 10.5. The fourth-order valence-electron chi connectivity index (χ4n) is 2.25. The number of likely N-dealkylation sites (N-methyl/N-ethyl adjacent to an activating group) is 2. The van der Waals surface area contributed by atoms with Crippen LogP contribution >= 0.6 is 0 Å². The highest BCUT2D eigenvalue weighted by Gasteiger charge is 2.16. The molecule has 6 heteroatoms. The Balaban J connectivity index is 2.48. The van der Waals surface area contributed by atoms with Crippen LogP contribution in [0.1, 0.15) is 26.7 Å². The van der Waals surface area contributed by atoms with Crippen molar-refractivity contribution in [1.82, 2.24) is 9.80 Å². The van der Waals surface area contributed by atoms with Crippen LogP contribution < -0.4 is 10.1 Å². The number of carbonyl (C=O) groups excluding carboxylic acids is 2. The number of hydrogen-bond donors (Lipinski definition) is 1. The molecule has 24 heavy (non-hydrogen) atoms. The maximum atomic E-state index is 12.2. The smallest absolute Gasteiger partial charge is 0.243 e. The first-order chi connectivity index (χ1) is 11.5. The Hall–Kier alpha value is -2.08. The lowest BCUT2D eigenvalue weighted by atomic mass is 10.3. The number of amides is 2. The third-order valence-corrected chi connectivity index (χ3v) is 3.79. The summed E-state index contributed by atoms with van der Waals surface area (Å²) < 4.78 is 5.12. The summed E-state index contributed by atoms with van der Waals surface area (Å²) in [6.07, 6.45) is 2.17. The zero-order valence-electron chi connectivity index (χ0n) is 15.2. The first kappa shape index (κ1) is 20.0. The van der Waals surface area contributed by atoms with Crippen molar-refractivity contribution in [3.05, 3.63) is 24.3 Å². The highest BCUT2D eigenvalue weighted by atomic mass is 16.5. The Labute approximate surface area is 144 Å². The van der Waals surface area contributed by atoms with Crippen molar-refractivity contribution in [3.8, 4) is 5.75 Å². The van der Waals surface area contributed by atoms with Gasteiger partial charge in [0.1, 0.15) is 5.75 Å². The predicted octanol–water partition coefficient (Wildman–Crippen LogP) is 2.21. The average molecular weight is 335 g/mol. The molecule has 0 saturated carbocycles. The molecule has 0 spiro atoms. The summed E-state index contributed by atoms with van der Waals surface area (Å²) in [5, 5.41) is 2.78. The highest BCUT2D eigenvalue weighted by molar-refractivity contribution is 5.94. The van der Waals surface area contributed by atoms with E-state index in [9.17, 15) is 9.59 Å². The summed E-state index contributed by atoms with van der Waals surface area (Å²) in [5.41, 5.74) is 0.651. The Bertz CT molecular complexity index is 534. The second-order valence-corrected chi connectivity index (χ2v) is 5.75.